The Morgan fingerprint density at radius 2 is 1.72 bits per heavy atom. The van der Waals surface area contributed by atoms with E-state index < -0.39 is 36.2 Å². The van der Waals surface area contributed by atoms with Crippen LogP contribution in [0.15, 0.2) is 85.4 Å². The van der Waals surface area contributed by atoms with Crippen molar-refractivity contribution >= 4 is 46.7 Å². The summed E-state index contributed by atoms with van der Waals surface area (Å²) in [6, 6.07) is 0. The molecule has 46 heavy (non-hydrogen) atoms. The van der Waals surface area contributed by atoms with Crippen molar-refractivity contribution in [3.05, 3.63) is 92.3 Å². The summed E-state index contributed by atoms with van der Waals surface area (Å²) in [6.45, 7) is 11.0. The number of nitrogens with zero attached hydrogens (tertiary/aromatic N) is 4. The van der Waals surface area contributed by atoms with Gasteiger partial charge in [0.25, 0.3) is 0 Å². The van der Waals surface area contributed by atoms with Gasteiger partial charge in [0, 0.05) is 47.2 Å². The zero-order chi connectivity index (χ0) is 32.7. The molecule has 8 bridgehead atoms. The maximum atomic E-state index is 12.5. The number of hydrogen-bond acceptors (Lipinski definition) is 10. The van der Waals surface area contributed by atoms with Crippen LogP contribution >= 0.6 is 0 Å². The standard InChI is InChI=1S/C34H34N4O7.Cu/c1-6-18-15(3)23-11-24-16(4)20(8-9-29(40)41)32(37-24)21(10-30(42)43)33-31(34(44)45)17(5)25(38-33)12-27-19(7-2)22(14-39)28(36-27)13-26(18)35-23;/h6,11-14,16,20H,1,7-10H2,2-5H3,(H5,35,36,37,38,39,40,41,42,43,44,45);/q;+2/p-5/t16-,20-;/m0./s1. The molecule has 0 amide bonds. The number of carboxylic acids is 3. The average molecular weight is 669 g/mol. The van der Waals surface area contributed by atoms with Crippen LogP contribution in [-0.2, 0) is 26.7 Å². The van der Waals surface area contributed by atoms with Crippen molar-refractivity contribution in [2.75, 3.05) is 0 Å². The number of carboxylic acid groups (broad SMARTS) is 3. The summed E-state index contributed by atoms with van der Waals surface area (Å²) < 4.78 is 0. The number of rotatable bonds is 8. The van der Waals surface area contributed by atoms with Crippen LogP contribution in [0.1, 0.15) is 62.4 Å². The third-order valence-electron chi connectivity index (χ3n) is 8.64. The summed E-state index contributed by atoms with van der Waals surface area (Å²) in [7, 11) is 0. The third kappa shape index (κ3) is 5.93. The van der Waals surface area contributed by atoms with Gasteiger partial charge >= 0.3 is 17.1 Å². The van der Waals surface area contributed by atoms with Crippen LogP contribution in [0, 0.1) is 18.8 Å². The van der Waals surface area contributed by atoms with Crippen LogP contribution in [0.5, 0.6) is 0 Å². The molecule has 0 aliphatic carbocycles. The van der Waals surface area contributed by atoms with Crippen LogP contribution in [0.2, 0.25) is 0 Å². The maximum Gasteiger partial charge on any atom is 2.00 e. The second kappa shape index (κ2) is 13.3. The van der Waals surface area contributed by atoms with Gasteiger partial charge in [-0.25, -0.2) is 9.98 Å². The van der Waals surface area contributed by atoms with Gasteiger partial charge in [0.2, 0.25) is 0 Å². The van der Waals surface area contributed by atoms with Crippen molar-refractivity contribution in [3.8, 4) is 0 Å². The fourth-order valence-corrected chi connectivity index (χ4v) is 6.29. The first-order valence-electron chi connectivity index (χ1n) is 14.5. The van der Waals surface area contributed by atoms with Gasteiger partial charge < -0.3 is 39.8 Å². The Kier molecular flexibility index (Phi) is 9.84. The monoisotopic (exact) mass is 668 g/mol. The Morgan fingerprint density at radius 1 is 1.00 bits per heavy atom. The van der Waals surface area contributed by atoms with Crippen LogP contribution < -0.4 is 36.1 Å². The van der Waals surface area contributed by atoms with E-state index in [9.17, 15) is 34.8 Å². The minimum Gasteiger partial charge on any atom is -0.877 e. The molecule has 1 aromatic heterocycles. The van der Waals surface area contributed by atoms with Gasteiger partial charge in [0.1, 0.15) is 0 Å². The summed E-state index contributed by atoms with van der Waals surface area (Å²) in [5.41, 5.74) is 4.82. The quantitative estimate of drug-likeness (QED) is 0.241. The van der Waals surface area contributed by atoms with Gasteiger partial charge in [-0.2, -0.15) is 0 Å². The van der Waals surface area contributed by atoms with E-state index >= 15 is 0 Å². The summed E-state index contributed by atoms with van der Waals surface area (Å²) >= 11 is 0. The van der Waals surface area contributed by atoms with Crippen molar-refractivity contribution in [1.82, 2.24) is 4.98 Å². The molecule has 12 heteroatoms. The Hall–Kier alpha value is -4.80. The topological polar surface area (TPSA) is 195 Å². The van der Waals surface area contributed by atoms with Crippen LogP contribution in [0.3, 0.4) is 0 Å². The molecular weight excluding hydrogens is 640 g/mol. The van der Waals surface area contributed by atoms with E-state index in [4.69, 9.17) is 15.0 Å². The fourth-order valence-electron chi connectivity index (χ4n) is 6.29. The molecule has 0 N–H and O–H groups in total. The molecule has 5 rings (SSSR count). The number of aliphatic imine (C=N–C) groups is 3. The molecule has 5 heterocycles. The van der Waals surface area contributed by atoms with E-state index in [0.717, 1.165) is 11.1 Å². The Labute approximate surface area is 275 Å². The predicted molar refractivity (Wildman–Crippen MR) is 159 cm³/mol. The van der Waals surface area contributed by atoms with Crippen molar-refractivity contribution in [2.24, 2.45) is 26.8 Å². The number of aliphatic carboxylic acids is 2. The molecule has 4 aliphatic heterocycles. The molecule has 241 valence electrons. The molecule has 0 saturated heterocycles. The SMILES string of the molecule is C=CC1=C(C)C2=NC1=CC1=NC(=C(CC)/C1=C/[O-])C=c1[n-]c(c(C(=O)[O-])c1C)=C(CC(=O)[O-])C1=NC(=C2)[C@@H](C)[C@@H]1CCC(=O)[O-].[Cu+2]. The summed E-state index contributed by atoms with van der Waals surface area (Å²) in [5, 5.41) is 48.5. The van der Waals surface area contributed by atoms with E-state index in [1.807, 2.05) is 20.8 Å². The van der Waals surface area contributed by atoms with Crippen molar-refractivity contribution in [3.63, 3.8) is 0 Å². The second-order valence-corrected chi connectivity index (χ2v) is 11.2. The Morgan fingerprint density at radius 3 is 2.30 bits per heavy atom. The van der Waals surface area contributed by atoms with E-state index in [1.54, 1.807) is 24.3 Å². The Bertz CT molecular complexity index is 1960. The molecule has 4 aliphatic rings. The van der Waals surface area contributed by atoms with Gasteiger partial charge in [-0.3, -0.25) is 4.99 Å². The molecular formula is C34H29CuN4O7-3. The van der Waals surface area contributed by atoms with Crippen LogP contribution in [0.25, 0.3) is 11.6 Å². The number of allylic oxidation sites excluding steroid dienone is 8. The normalized spacial score (nSPS) is 21.3. The van der Waals surface area contributed by atoms with Gasteiger partial charge in [-0.15, -0.1) is 17.0 Å². The fraction of sp³-hybridized carbons (Fsp3) is 0.294. The first-order valence-corrected chi connectivity index (χ1v) is 14.5. The number of hydrogen-bond donors (Lipinski definition) is 0. The minimum absolute atomic E-state index is 0. The smallest absolute Gasteiger partial charge is 0.877 e. The summed E-state index contributed by atoms with van der Waals surface area (Å²) in [5.74, 6) is -5.40. The largest absolute Gasteiger partial charge is 2.00 e. The third-order valence-corrected chi connectivity index (χ3v) is 8.64. The molecule has 0 spiro atoms. The molecule has 0 saturated carbocycles. The molecule has 0 aromatic carbocycles. The minimum atomic E-state index is -1.58. The predicted octanol–water partition coefficient (Wildman–Crippen LogP) is -1.28. The zero-order valence-corrected chi connectivity index (χ0v) is 26.5. The molecule has 0 unspecified atom stereocenters. The molecule has 1 radical (unpaired) electrons. The number of carbonyl (C=O) groups excluding carboxylic acids is 3. The van der Waals surface area contributed by atoms with Gasteiger partial charge in [-0.1, -0.05) is 38.1 Å². The van der Waals surface area contributed by atoms with Crippen LogP contribution in [-0.4, -0.2) is 35.0 Å². The number of aromatic carboxylic acids is 1. The molecule has 11 nitrogen and oxygen atoms in total. The van der Waals surface area contributed by atoms with Crippen molar-refractivity contribution in [1.29, 1.82) is 0 Å². The molecule has 1 aromatic rings. The Balaban J connectivity index is 0.00000480. The first kappa shape index (κ1) is 34.1. The van der Waals surface area contributed by atoms with E-state index in [2.05, 4.69) is 11.6 Å². The summed E-state index contributed by atoms with van der Waals surface area (Å²) in [6.07, 6.45) is 6.76. The number of fused-ring (bicyclic) bond motifs is 5. The van der Waals surface area contributed by atoms with Crippen molar-refractivity contribution < 1.29 is 51.9 Å². The average Bonchev–Trinajstić information content (AvgIpc) is 3.67. The van der Waals surface area contributed by atoms with E-state index in [0.29, 0.717) is 52.3 Å². The summed E-state index contributed by atoms with van der Waals surface area (Å²) in [4.78, 5) is 55.0. The second-order valence-electron chi connectivity index (χ2n) is 11.2. The van der Waals surface area contributed by atoms with Crippen LogP contribution in [0.4, 0.5) is 0 Å². The van der Waals surface area contributed by atoms with Gasteiger partial charge in [0.05, 0.1) is 28.8 Å². The van der Waals surface area contributed by atoms with E-state index in [-0.39, 0.29) is 63.0 Å². The van der Waals surface area contributed by atoms with E-state index in [1.165, 1.54) is 6.92 Å². The molecule has 2 atom stereocenters. The maximum absolute atomic E-state index is 12.5. The number of carbonyl (C=O) groups is 3. The molecule has 0 fully saturated rings. The number of aromatic nitrogens is 1. The van der Waals surface area contributed by atoms with Gasteiger partial charge in [-0.05, 0) is 73.1 Å². The van der Waals surface area contributed by atoms with Crippen molar-refractivity contribution in [2.45, 2.75) is 53.4 Å². The van der Waals surface area contributed by atoms with Gasteiger partial charge in [0.15, 0.2) is 0 Å². The first-order chi connectivity index (χ1) is 21.4. The zero-order valence-electron chi connectivity index (χ0n) is 25.5.